The van der Waals surface area contributed by atoms with Crippen molar-refractivity contribution in [1.82, 2.24) is 0 Å². The van der Waals surface area contributed by atoms with Crippen molar-refractivity contribution in [2.24, 2.45) is 0 Å². The van der Waals surface area contributed by atoms with Gasteiger partial charge in [0.15, 0.2) is 0 Å². The number of rotatable bonds is 0. The van der Waals surface area contributed by atoms with E-state index in [0.29, 0.717) is 0 Å². The number of hydrogen-bond acceptors (Lipinski definition) is 3. The van der Waals surface area contributed by atoms with Crippen LogP contribution in [0, 0.1) is 0 Å². The number of aliphatic hydroxyl groups is 3. The van der Waals surface area contributed by atoms with Gasteiger partial charge in [0.05, 0.1) is 0 Å². The van der Waals surface area contributed by atoms with Crippen LogP contribution in [0.15, 0.2) is 0 Å². The molecule has 0 unspecified atom stereocenters. The zero-order valence-corrected chi connectivity index (χ0v) is 9.80. The van der Waals surface area contributed by atoms with Crippen LogP contribution in [0.5, 0.6) is 0 Å². The van der Waals surface area contributed by atoms with Crippen molar-refractivity contribution in [3.05, 3.63) is 0 Å². The van der Waals surface area contributed by atoms with Gasteiger partial charge in [-0.2, -0.15) is 0 Å². The summed E-state index contributed by atoms with van der Waals surface area (Å²) in [7, 11) is 0. The molecule has 0 heterocycles. The maximum atomic E-state index is 7.57. The van der Waals surface area contributed by atoms with Gasteiger partial charge in [0.2, 0.25) is 0 Å². The van der Waals surface area contributed by atoms with Crippen molar-refractivity contribution in [3.8, 4) is 0 Å². The molecular formula is C6H18O3W. The third-order valence-electron chi connectivity index (χ3n) is 0. The van der Waals surface area contributed by atoms with Crippen LogP contribution in [-0.4, -0.2) is 35.1 Å². The fourth-order valence-electron chi connectivity index (χ4n) is 0. The summed E-state index contributed by atoms with van der Waals surface area (Å²) in [6, 6.07) is 0. The maximum Gasteiger partial charge on any atom is 0.0402 e. The summed E-state index contributed by atoms with van der Waals surface area (Å²) in [5.74, 6) is 0. The van der Waals surface area contributed by atoms with E-state index < -0.39 is 0 Å². The smallest absolute Gasteiger partial charge is 0.0402 e. The molecule has 0 atom stereocenters. The molecule has 0 aliphatic carbocycles. The van der Waals surface area contributed by atoms with Crippen molar-refractivity contribution in [3.63, 3.8) is 0 Å². The van der Waals surface area contributed by atoms with Gasteiger partial charge in [0.25, 0.3) is 0 Å². The van der Waals surface area contributed by atoms with Gasteiger partial charge < -0.3 is 15.3 Å². The Labute approximate surface area is 77.3 Å². The molecule has 10 heavy (non-hydrogen) atoms. The van der Waals surface area contributed by atoms with E-state index in [9.17, 15) is 0 Å². The second-order valence-electron chi connectivity index (χ2n) is 0.949. The molecule has 0 aromatic heterocycles. The van der Waals surface area contributed by atoms with Gasteiger partial charge in [-0.15, -0.1) is 0 Å². The summed E-state index contributed by atoms with van der Waals surface area (Å²) in [6.45, 7) is 5.79. The third-order valence-corrected chi connectivity index (χ3v) is 0. The molecule has 3 nitrogen and oxygen atoms in total. The molecule has 4 heteroatoms. The summed E-state index contributed by atoms with van der Waals surface area (Å²) in [6.07, 6.45) is 0. The minimum Gasteiger partial charge on any atom is -0.397 e. The number of hydrogen-bond donors (Lipinski definition) is 3. The first-order valence-electron chi connectivity index (χ1n) is 3.07. The van der Waals surface area contributed by atoms with Gasteiger partial charge in [0.1, 0.15) is 0 Å². The fourth-order valence-corrected chi connectivity index (χ4v) is 0. The molecule has 0 fully saturated rings. The molecule has 0 spiro atoms. The molecule has 0 aromatic carbocycles. The topological polar surface area (TPSA) is 60.7 Å². The SMILES string of the molecule is CCO.CCO.CCO.[W]. The molecule has 0 radical (unpaired) electrons. The van der Waals surface area contributed by atoms with Crippen molar-refractivity contribution in [2.75, 3.05) is 19.8 Å². The Morgan fingerprint density at radius 2 is 0.700 bits per heavy atom. The molecule has 0 saturated heterocycles. The summed E-state index contributed by atoms with van der Waals surface area (Å²) >= 11 is 0. The van der Waals surface area contributed by atoms with E-state index >= 15 is 0 Å². The first kappa shape index (κ1) is 22.4. The Bertz CT molecular complexity index is 17.7. The summed E-state index contributed by atoms with van der Waals surface area (Å²) < 4.78 is 0. The average Bonchev–Trinajstić information content (AvgIpc) is 1.70. The van der Waals surface area contributed by atoms with Crippen LogP contribution in [0.25, 0.3) is 0 Å². The zero-order chi connectivity index (χ0) is 8.12. The average molecular weight is 322 g/mol. The molecule has 0 aliphatic heterocycles. The van der Waals surface area contributed by atoms with Crippen LogP contribution in [0.2, 0.25) is 0 Å². The molecule has 0 bridgehead atoms. The monoisotopic (exact) mass is 322 g/mol. The summed E-state index contributed by atoms with van der Waals surface area (Å²) in [4.78, 5) is 0. The molecule has 0 aliphatic rings. The van der Waals surface area contributed by atoms with E-state index in [1.807, 2.05) is 0 Å². The van der Waals surface area contributed by atoms with Gasteiger partial charge >= 0.3 is 0 Å². The minimum absolute atomic E-state index is 0. The van der Waals surface area contributed by atoms with E-state index in [1.54, 1.807) is 20.8 Å². The van der Waals surface area contributed by atoms with Crippen LogP contribution in [-0.2, 0) is 21.1 Å². The Balaban J connectivity index is -0.0000000257. The van der Waals surface area contributed by atoms with Gasteiger partial charge in [-0.05, 0) is 20.8 Å². The predicted molar refractivity (Wildman–Crippen MR) is 38.3 cm³/mol. The van der Waals surface area contributed by atoms with E-state index in [-0.39, 0.29) is 40.9 Å². The molecule has 0 amide bonds. The number of aliphatic hydroxyl groups excluding tert-OH is 3. The molecule has 3 N–H and O–H groups in total. The summed E-state index contributed by atoms with van der Waals surface area (Å²) in [5.41, 5.74) is 0. The molecule has 0 aromatic rings. The first-order valence-corrected chi connectivity index (χ1v) is 3.07. The Morgan fingerprint density at radius 1 is 0.700 bits per heavy atom. The van der Waals surface area contributed by atoms with Gasteiger partial charge in [-0.3, -0.25) is 0 Å². The van der Waals surface area contributed by atoms with E-state index in [0.717, 1.165) is 0 Å². The van der Waals surface area contributed by atoms with Gasteiger partial charge in [0, 0.05) is 40.9 Å². The van der Waals surface area contributed by atoms with Crippen molar-refractivity contribution >= 4 is 0 Å². The second-order valence-corrected chi connectivity index (χ2v) is 0.949. The minimum atomic E-state index is 0. The normalized spacial score (nSPS) is 5.40. The summed E-state index contributed by atoms with van der Waals surface area (Å²) in [5, 5.41) is 22.7. The maximum absolute atomic E-state index is 7.57. The Kier molecular flexibility index (Phi) is 124. The predicted octanol–water partition coefficient (Wildman–Crippen LogP) is -0.00670. The quantitative estimate of drug-likeness (QED) is 0.588. The molecular weight excluding hydrogens is 304 g/mol. The Morgan fingerprint density at radius 3 is 0.700 bits per heavy atom. The third kappa shape index (κ3) is 1520. The van der Waals surface area contributed by atoms with Crippen LogP contribution in [0.3, 0.4) is 0 Å². The largest absolute Gasteiger partial charge is 0.397 e. The van der Waals surface area contributed by atoms with Crippen molar-refractivity contribution in [2.45, 2.75) is 20.8 Å². The fraction of sp³-hybridized carbons (Fsp3) is 1.00. The van der Waals surface area contributed by atoms with Crippen LogP contribution >= 0.6 is 0 Å². The standard InChI is InChI=1S/3C2H6O.W/c3*1-2-3;/h3*3H,2H2,1H3;. The second kappa shape index (κ2) is 55.2. The molecule has 0 rings (SSSR count). The van der Waals surface area contributed by atoms with Gasteiger partial charge in [-0.1, -0.05) is 0 Å². The van der Waals surface area contributed by atoms with Gasteiger partial charge in [-0.25, -0.2) is 0 Å². The Hall–Kier alpha value is 0.568. The first-order chi connectivity index (χ1) is 4.24. The molecule has 66 valence electrons. The van der Waals surface area contributed by atoms with Crippen LogP contribution in [0.4, 0.5) is 0 Å². The zero-order valence-electron chi connectivity index (χ0n) is 6.87. The van der Waals surface area contributed by atoms with Crippen LogP contribution in [0.1, 0.15) is 20.8 Å². The van der Waals surface area contributed by atoms with Crippen molar-refractivity contribution < 1.29 is 36.4 Å². The molecule has 0 saturated carbocycles. The van der Waals surface area contributed by atoms with E-state index in [1.165, 1.54) is 0 Å². The van der Waals surface area contributed by atoms with E-state index in [4.69, 9.17) is 15.3 Å². The van der Waals surface area contributed by atoms with Crippen LogP contribution < -0.4 is 0 Å². The van der Waals surface area contributed by atoms with Crippen molar-refractivity contribution in [1.29, 1.82) is 0 Å². The van der Waals surface area contributed by atoms with E-state index in [2.05, 4.69) is 0 Å².